The van der Waals surface area contributed by atoms with Crippen LogP contribution in [0.4, 0.5) is 0 Å². The Morgan fingerprint density at radius 1 is 1.47 bits per heavy atom. The van der Waals surface area contributed by atoms with E-state index in [1.165, 1.54) is 18.3 Å². The van der Waals surface area contributed by atoms with E-state index >= 15 is 0 Å². The molecule has 1 atom stereocenters. The molecule has 0 amide bonds. The van der Waals surface area contributed by atoms with Crippen LogP contribution in [0.1, 0.15) is 32.2 Å². The zero-order valence-electron chi connectivity index (χ0n) is 9.73. The molecule has 4 heteroatoms. The molecule has 2 heterocycles. The summed E-state index contributed by atoms with van der Waals surface area (Å²) in [6.07, 6.45) is 9.45. The maximum Gasteiger partial charge on any atom is 0.145 e. The molecule has 0 aromatic carbocycles. The predicted octanol–water partition coefficient (Wildman–Crippen LogP) is 3.76. The minimum atomic E-state index is 0.424. The van der Waals surface area contributed by atoms with Crippen molar-refractivity contribution in [1.29, 1.82) is 0 Å². The van der Waals surface area contributed by atoms with Gasteiger partial charge in [-0.3, -0.25) is 0 Å². The van der Waals surface area contributed by atoms with Crippen molar-refractivity contribution >= 4 is 22.6 Å². The van der Waals surface area contributed by atoms with Crippen molar-refractivity contribution in [3.05, 3.63) is 35.4 Å². The molecule has 3 rings (SSSR count). The summed E-state index contributed by atoms with van der Waals surface area (Å²) >= 11 is 6.05. The molecule has 2 aromatic rings. The highest BCUT2D eigenvalue weighted by atomic mass is 35.5. The standard InChI is InChI=1S/C13H14ClN3/c1-2-9-3-4-10(7-9)17-6-5-11-12(14)15-8-16-13(11)17/h5-8,10H,2-4H2,1H3. The fourth-order valence-electron chi connectivity index (χ4n) is 2.49. The summed E-state index contributed by atoms with van der Waals surface area (Å²) in [7, 11) is 0. The van der Waals surface area contributed by atoms with Gasteiger partial charge in [0.25, 0.3) is 0 Å². The number of rotatable bonds is 2. The molecule has 3 nitrogen and oxygen atoms in total. The minimum Gasteiger partial charge on any atom is -0.325 e. The molecular weight excluding hydrogens is 234 g/mol. The first-order valence-electron chi connectivity index (χ1n) is 5.96. The molecule has 0 bridgehead atoms. The summed E-state index contributed by atoms with van der Waals surface area (Å²) < 4.78 is 2.20. The number of nitrogens with zero attached hydrogens (tertiary/aromatic N) is 3. The third kappa shape index (κ3) is 1.75. The number of hydrogen-bond acceptors (Lipinski definition) is 2. The lowest BCUT2D eigenvalue weighted by Gasteiger charge is -2.10. The van der Waals surface area contributed by atoms with Crippen LogP contribution in [0.3, 0.4) is 0 Å². The van der Waals surface area contributed by atoms with Crippen LogP contribution in [-0.2, 0) is 0 Å². The van der Waals surface area contributed by atoms with Gasteiger partial charge in [-0.2, -0.15) is 0 Å². The number of hydrogen-bond donors (Lipinski definition) is 0. The van der Waals surface area contributed by atoms with Gasteiger partial charge in [-0.05, 0) is 25.3 Å². The molecule has 0 spiro atoms. The van der Waals surface area contributed by atoms with Crippen LogP contribution in [0.25, 0.3) is 11.0 Å². The van der Waals surface area contributed by atoms with E-state index in [0.717, 1.165) is 23.9 Å². The van der Waals surface area contributed by atoms with Crippen LogP contribution in [0.5, 0.6) is 0 Å². The largest absolute Gasteiger partial charge is 0.325 e. The molecule has 0 aliphatic heterocycles. The summed E-state index contributed by atoms with van der Waals surface area (Å²) in [4.78, 5) is 8.34. The first-order valence-corrected chi connectivity index (χ1v) is 6.34. The van der Waals surface area contributed by atoms with Crippen molar-refractivity contribution in [3.63, 3.8) is 0 Å². The average molecular weight is 248 g/mol. The summed E-state index contributed by atoms with van der Waals surface area (Å²) in [5.41, 5.74) is 2.47. The Hall–Kier alpha value is -1.35. The summed E-state index contributed by atoms with van der Waals surface area (Å²) in [6, 6.07) is 2.42. The Morgan fingerprint density at radius 2 is 2.35 bits per heavy atom. The normalized spacial score (nSPS) is 19.9. The summed E-state index contributed by atoms with van der Waals surface area (Å²) in [6.45, 7) is 2.21. The molecule has 0 radical (unpaired) electrons. The molecule has 2 aromatic heterocycles. The average Bonchev–Trinajstić information content (AvgIpc) is 2.94. The quantitative estimate of drug-likeness (QED) is 0.598. The fourth-order valence-corrected chi connectivity index (χ4v) is 2.68. The van der Waals surface area contributed by atoms with Crippen LogP contribution in [0.15, 0.2) is 30.2 Å². The van der Waals surface area contributed by atoms with Crippen molar-refractivity contribution in [2.24, 2.45) is 0 Å². The van der Waals surface area contributed by atoms with Gasteiger partial charge in [0.05, 0.1) is 11.4 Å². The third-order valence-corrected chi connectivity index (χ3v) is 3.76. The van der Waals surface area contributed by atoms with Gasteiger partial charge in [-0.15, -0.1) is 0 Å². The molecule has 1 aliphatic carbocycles. The molecule has 1 aliphatic rings. The van der Waals surface area contributed by atoms with Gasteiger partial charge in [0.15, 0.2) is 0 Å². The molecule has 0 N–H and O–H groups in total. The molecular formula is C13H14ClN3. The molecule has 0 fully saturated rings. The maximum atomic E-state index is 6.05. The molecule has 1 unspecified atom stereocenters. The van der Waals surface area contributed by atoms with E-state index in [1.54, 1.807) is 0 Å². The smallest absolute Gasteiger partial charge is 0.145 e. The highest BCUT2D eigenvalue weighted by molar-refractivity contribution is 6.33. The van der Waals surface area contributed by atoms with Gasteiger partial charge in [0.1, 0.15) is 17.1 Å². The highest BCUT2D eigenvalue weighted by Crippen LogP contribution is 2.33. The molecule has 0 saturated heterocycles. The van der Waals surface area contributed by atoms with Crippen molar-refractivity contribution < 1.29 is 0 Å². The van der Waals surface area contributed by atoms with E-state index in [2.05, 4.69) is 33.7 Å². The maximum absolute atomic E-state index is 6.05. The fraction of sp³-hybridized carbons (Fsp3) is 0.385. The van der Waals surface area contributed by atoms with Gasteiger partial charge < -0.3 is 4.57 Å². The topological polar surface area (TPSA) is 30.7 Å². The molecule has 0 saturated carbocycles. The van der Waals surface area contributed by atoms with Crippen LogP contribution in [0.2, 0.25) is 5.15 Å². The van der Waals surface area contributed by atoms with Crippen LogP contribution in [-0.4, -0.2) is 14.5 Å². The Balaban J connectivity index is 2.07. The van der Waals surface area contributed by atoms with Crippen molar-refractivity contribution in [1.82, 2.24) is 14.5 Å². The van der Waals surface area contributed by atoms with Gasteiger partial charge in [0, 0.05) is 6.20 Å². The van der Waals surface area contributed by atoms with Gasteiger partial charge in [-0.1, -0.05) is 30.2 Å². The van der Waals surface area contributed by atoms with Crippen LogP contribution in [0, 0.1) is 0 Å². The number of halogens is 1. The van der Waals surface area contributed by atoms with Crippen LogP contribution < -0.4 is 0 Å². The second-order valence-electron chi connectivity index (χ2n) is 4.41. The van der Waals surface area contributed by atoms with Gasteiger partial charge in [0.2, 0.25) is 0 Å². The highest BCUT2D eigenvalue weighted by Gasteiger charge is 2.18. The lowest BCUT2D eigenvalue weighted by atomic mass is 10.2. The zero-order valence-corrected chi connectivity index (χ0v) is 10.5. The molecule has 17 heavy (non-hydrogen) atoms. The zero-order chi connectivity index (χ0) is 11.8. The SMILES string of the molecule is CCC1=CC(n2ccc3c(Cl)ncnc32)CC1. The van der Waals surface area contributed by atoms with E-state index in [0.29, 0.717) is 11.2 Å². The monoisotopic (exact) mass is 247 g/mol. The van der Waals surface area contributed by atoms with E-state index in [9.17, 15) is 0 Å². The number of fused-ring (bicyclic) bond motifs is 1. The van der Waals surface area contributed by atoms with Crippen molar-refractivity contribution in [2.75, 3.05) is 0 Å². The lowest BCUT2D eigenvalue weighted by molar-refractivity contribution is 0.604. The number of allylic oxidation sites excluding steroid dienone is 2. The first kappa shape index (κ1) is 10.8. The Kier molecular flexibility index (Phi) is 2.63. The summed E-state index contributed by atoms with van der Waals surface area (Å²) in [5, 5.41) is 1.47. The van der Waals surface area contributed by atoms with Crippen molar-refractivity contribution in [2.45, 2.75) is 32.2 Å². The van der Waals surface area contributed by atoms with E-state index < -0.39 is 0 Å². The Morgan fingerprint density at radius 3 is 3.12 bits per heavy atom. The van der Waals surface area contributed by atoms with E-state index in [-0.39, 0.29) is 0 Å². The Labute approximate surface area is 105 Å². The summed E-state index contributed by atoms with van der Waals surface area (Å²) in [5.74, 6) is 0. The van der Waals surface area contributed by atoms with E-state index in [1.807, 2.05) is 6.07 Å². The Bertz CT molecular complexity index is 585. The lowest BCUT2D eigenvalue weighted by Crippen LogP contribution is -2.02. The van der Waals surface area contributed by atoms with Crippen molar-refractivity contribution in [3.8, 4) is 0 Å². The number of aromatic nitrogens is 3. The van der Waals surface area contributed by atoms with E-state index in [4.69, 9.17) is 11.6 Å². The predicted molar refractivity (Wildman–Crippen MR) is 69.2 cm³/mol. The van der Waals surface area contributed by atoms with Crippen LogP contribution >= 0.6 is 11.6 Å². The second kappa shape index (κ2) is 4.15. The minimum absolute atomic E-state index is 0.424. The molecule has 88 valence electrons. The first-order chi connectivity index (χ1) is 8.29. The third-order valence-electron chi connectivity index (χ3n) is 3.46. The van der Waals surface area contributed by atoms with Gasteiger partial charge >= 0.3 is 0 Å². The second-order valence-corrected chi connectivity index (χ2v) is 4.77. The van der Waals surface area contributed by atoms with Gasteiger partial charge in [-0.25, -0.2) is 9.97 Å².